The summed E-state index contributed by atoms with van der Waals surface area (Å²) in [7, 11) is -3.14. The number of aromatic nitrogens is 1. The maximum absolute atomic E-state index is 12.6. The lowest BCUT2D eigenvalue weighted by Gasteiger charge is -2.30. The fraction of sp³-hybridized carbons (Fsp3) is 0.545. The molecule has 4 rings (SSSR count). The van der Waals surface area contributed by atoms with Gasteiger partial charge in [-0.2, -0.15) is 0 Å². The Morgan fingerprint density at radius 1 is 1.17 bits per heavy atom. The van der Waals surface area contributed by atoms with Gasteiger partial charge >= 0.3 is 0 Å². The molecule has 1 aromatic carbocycles. The second kappa shape index (κ2) is 9.58. The van der Waals surface area contributed by atoms with Crippen LogP contribution in [0.1, 0.15) is 44.1 Å². The van der Waals surface area contributed by atoms with Gasteiger partial charge in [0.2, 0.25) is 5.91 Å². The third-order valence-corrected chi connectivity index (χ3v) is 9.04. The summed E-state index contributed by atoms with van der Waals surface area (Å²) in [6.45, 7) is 1.51. The normalized spacial score (nSPS) is 18.8. The Balaban J connectivity index is 1.37. The molecule has 2 fully saturated rings. The van der Waals surface area contributed by atoms with E-state index in [-0.39, 0.29) is 17.1 Å². The molecule has 2 heterocycles. The minimum atomic E-state index is -3.14. The molecule has 1 saturated carbocycles. The van der Waals surface area contributed by atoms with Crippen LogP contribution in [0.3, 0.4) is 0 Å². The molecule has 0 bridgehead atoms. The Hall–Kier alpha value is -1.77. The first-order chi connectivity index (χ1) is 14.5. The average Bonchev–Trinajstić information content (AvgIpc) is 3.51. The van der Waals surface area contributed by atoms with Crippen LogP contribution in [-0.2, 0) is 25.8 Å². The third-order valence-electron chi connectivity index (χ3n) is 6.08. The molecular formula is C22H28N2O4S2. The van der Waals surface area contributed by atoms with Gasteiger partial charge in [0, 0.05) is 31.2 Å². The highest BCUT2D eigenvalue weighted by molar-refractivity contribution is 7.92. The number of anilines is 1. The highest BCUT2D eigenvalue weighted by Gasteiger charge is 2.36. The largest absolute Gasteiger partial charge is 0.381 e. The first kappa shape index (κ1) is 21.5. The van der Waals surface area contributed by atoms with Gasteiger partial charge in [0.05, 0.1) is 10.1 Å². The van der Waals surface area contributed by atoms with Crippen molar-refractivity contribution in [1.82, 2.24) is 4.98 Å². The van der Waals surface area contributed by atoms with Crippen LogP contribution < -0.4 is 5.32 Å². The van der Waals surface area contributed by atoms with Crippen molar-refractivity contribution < 1.29 is 17.9 Å². The van der Waals surface area contributed by atoms with Crippen molar-refractivity contribution in [3.05, 3.63) is 41.4 Å². The monoisotopic (exact) mass is 448 g/mol. The quantitative estimate of drug-likeness (QED) is 0.625. The maximum Gasteiger partial charge on any atom is 0.226 e. The summed E-state index contributed by atoms with van der Waals surface area (Å²) in [5, 5.41) is 5.20. The molecule has 162 valence electrons. The number of benzene rings is 1. The molecule has 2 aliphatic rings. The van der Waals surface area contributed by atoms with Gasteiger partial charge in [0.15, 0.2) is 15.0 Å². The number of carbonyl (C=O) groups excluding carboxylic acids is 1. The van der Waals surface area contributed by atoms with E-state index < -0.39 is 9.84 Å². The molecule has 30 heavy (non-hydrogen) atoms. The third kappa shape index (κ3) is 5.47. The van der Waals surface area contributed by atoms with Crippen molar-refractivity contribution in [2.75, 3.05) is 18.5 Å². The van der Waals surface area contributed by atoms with Gasteiger partial charge in [-0.15, -0.1) is 11.3 Å². The minimum Gasteiger partial charge on any atom is -0.381 e. The summed E-state index contributed by atoms with van der Waals surface area (Å²) in [5.74, 6) is 0.742. The van der Waals surface area contributed by atoms with E-state index in [1.54, 1.807) is 18.3 Å². The predicted octanol–water partition coefficient (Wildman–Crippen LogP) is 4.08. The van der Waals surface area contributed by atoms with Crippen LogP contribution in [0.25, 0.3) is 0 Å². The van der Waals surface area contributed by atoms with Crippen LogP contribution in [0.4, 0.5) is 5.13 Å². The van der Waals surface area contributed by atoms with Gasteiger partial charge in [-0.3, -0.25) is 4.79 Å². The molecule has 2 aromatic rings. The second-order valence-corrected chi connectivity index (χ2v) is 11.3. The topological polar surface area (TPSA) is 85.4 Å². The van der Waals surface area contributed by atoms with Crippen molar-refractivity contribution in [3.8, 4) is 0 Å². The number of aryl methyl sites for hydroxylation is 1. The second-order valence-electron chi connectivity index (χ2n) is 8.23. The fourth-order valence-corrected chi connectivity index (χ4v) is 6.36. The highest BCUT2D eigenvalue weighted by atomic mass is 32.2. The summed E-state index contributed by atoms with van der Waals surface area (Å²) in [6, 6.07) is 7.32. The molecule has 1 aromatic heterocycles. The Morgan fingerprint density at radius 3 is 2.53 bits per heavy atom. The standard InChI is InChI=1S/C22H28N2O4S2/c25-21(24-22-23-11-14-29-22)15-18(17-9-12-28-13-10-17)4-1-16-2-5-19(6-3-16)30(26,27)20-7-8-20/h2-3,5-6,11,14,17-18,20H,1,4,7-10,12-13,15H2,(H,23,24,25). The van der Waals surface area contributed by atoms with E-state index in [0.29, 0.717) is 22.4 Å². The molecular weight excluding hydrogens is 420 g/mol. The lowest BCUT2D eigenvalue weighted by molar-refractivity contribution is -0.117. The zero-order valence-electron chi connectivity index (χ0n) is 17.0. The summed E-state index contributed by atoms with van der Waals surface area (Å²) < 4.78 is 30.2. The molecule has 1 unspecified atom stereocenters. The number of hydrogen-bond acceptors (Lipinski definition) is 6. The molecule has 0 radical (unpaired) electrons. The molecule has 1 N–H and O–H groups in total. The highest BCUT2D eigenvalue weighted by Crippen LogP contribution is 2.34. The van der Waals surface area contributed by atoms with E-state index in [1.165, 1.54) is 11.3 Å². The van der Waals surface area contributed by atoms with E-state index >= 15 is 0 Å². The number of nitrogens with zero attached hydrogens (tertiary/aromatic N) is 1. The number of rotatable bonds is 9. The molecule has 1 atom stereocenters. The van der Waals surface area contributed by atoms with Gasteiger partial charge in [-0.25, -0.2) is 13.4 Å². The van der Waals surface area contributed by atoms with Crippen molar-refractivity contribution in [1.29, 1.82) is 0 Å². The van der Waals surface area contributed by atoms with Gasteiger partial charge < -0.3 is 10.1 Å². The van der Waals surface area contributed by atoms with Crippen molar-refractivity contribution in [2.45, 2.75) is 55.1 Å². The van der Waals surface area contributed by atoms with Crippen LogP contribution in [-0.4, -0.2) is 37.8 Å². The number of carbonyl (C=O) groups is 1. The SMILES string of the molecule is O=C(CC(CCc1ccc(S(=O)(=O)C2CC2)cc1)C1CCOCC1)Nc1nccs1. The summed E-state index contributed by atoms with van der Waals surface area (Å²) in [5.41, 5.74) is 1.11. The summed E-state index contributed by atoms with van der Waals surface area (Å²) >= 11 is 1.42. The number of thiazole rings is 1. The maximum atomic E-state index is 12.6. The molecule has 1 saturated heterocycles. The smallest absolute Gasteiger partial charge is 0.226 e. The van der Waals surface area contributed by atoms with Gasteiger partial charge in [-0.05, 0) is 68.1 Å². The number of ether oxygens (including phenoxy) is 1. The zero-order valence-corrected chi connectivity index (χ0v) is 18.6. The van der Waals surface area contributed by atoms with Crippen LogP contribution in [0.2, 0.25) is 0 Å². The number of amides is 1. The lowest BCUT2D eigenvalue weighted by atomic mass is 9.80. The molecule has 8 heteroatoms. The Bertz CT molecular complexity index is 932. The Kier molecular flexibility index (Phi) is 6.85. The van der Waals surface area contributed by atoms with E-state index in [2.05, 4.69) is 10.3 Å². The molecule has 0 spiro atoms. The van der Waals surface area contributed by atoms with Crippen molar-refractivity contribution in [3.63, 3.8) is 0 Å². The molecule has 1 aliphatic heterocycles. The molecule has 6 nitrogen and oxygen atoms in total. The summed E-state index contributed by atoms with van der Waals surface area (Å²) in [4.78, 5) is 17.1. The number of nitrogens with one attached hydrogen (secondary N) is 1. The van der Waals surface area contributed by atoms with Crippen LogP contribution in [0.5, 0.6) is 0 Å². The van der Waals surface area contributed by atoms with Gasteiger partial charge in [0.1, 0.15) is 0 Å². The average molecular weight is 449 g/mol. The van der Waals surface area contributed by atoms with Crippen LogP contribution in [0, 0.1) is 11.8 Å². The Labute approximate surface area is 182 Å². The number of sulfone groups is 1. The first-order valence-corrected chi connectivity index (χ1v) is 13.0. The van der Waals surface area contributed by atoms with Crippen LogP contribution in [0.15, 0.2) is 40.7 Å². The van der Waals surface area contributed by atoms with E-state index in [4.69, 9.17) is 4.74 Å². The van der Waals surface area contributed by atoms with E-state index in [9.17, 15) is 13.2 Å². The Morgan fingerprint density at radius 2 is 1.90 bits per heavy atom. The predicted molar refractivity (Wildman–Crippen MR) is 117 cm³/mol. The lowest BCUT2D eigenvalue weighted by Crippen LogP contribution is -2.27. The van der Waals surface area contributed by atoms with Crippen molar-refractivity contribution >= 4 is 32.2 Å². The molecule has 1 aliphatic carbocycles. The summed E-state index contributed by atoms with van der Waals surface area (Å²) in [6.07, 6.45) is 7.39. The first-order valence-electron chi connectivity index (χ1n) is 10.6. The van der Waals surface area contributed by atoms with E-state index in [0.717, 1.165) is 57.3 Å². The zero-order chi connectivity index (χ0) is 21.0. The minimum absolute atomic E-state index is 0.00677. The number of hydrogen-bond donors (Lipinski definition) is 1. The van der Waals surface area contributed by atoms with Gasteiger partial charge in [0.25, 0.3) is 0 Å². The molecule has 1 amide bonds. The van der Waals surface area contributed by atoms with E-state index in [1.807, 2.05) is 17.5 Å². The fourth-order valence-electron chi connectivity index (χ4n) is 4.15. The van der Waals surface area contributed by atoms with Gasteiger partial charge in [-0.1, -0.05) is 12.1 Å². The van der Waals surface area contributed by atoms with Crippen LogP contribution >= 0.6 is 11.3 Å². The van der Waals surface area contributed by atoms with Crippen molar-refractivity contribution in [2.24, 2.45) is 11.8 Å².